The van der Waals surface area contributed by atoms with E-state index in [4.69, 9.17) is 0 Å². The van der Waals surface area contributed by atoms with Gasteiger partial charge in [0, 0.05) is 0 Å². The van der Waals surface area contributed by atoms with E-state index < -0.39 is 0 Å². The summed E-state index contributed by atoms with van der Waals surface area (Å²) < 4.78 is 0.615. The fourth-order valence-corrected chi connectivity index (χ4v) is 3.61. The van der Waals surface area contributed by atoms with Crippen LogP contribution in [0.4, 0.5) is 0 Å². The molecule has 0 fully saturated rings. The topological polar surface area (TPSA) is 84.0 Å². The number of hydrogen-bond donors (Lipinski definition) is 2. The Morgan fingerprint density at radius 2 is 1.77 bits per heavy atom. The normalized spacial score (nSPS) is 10.5. The van der Waals surface area contributed by atoms with Gasteiger partial charge in [-0.1, -0.05) is 25.5 Å². The Balaban J connectivity index is 1.73. The van der Waals surface area contributed by atoms with Gasteiger partial charge in [0.25, 0.3) is 0 Å². The molecule has 6 nitrogen and oxygen atoms in total. The van der Waals surface area contributed by atoms with Gasteiger partial charge in [-0.15, -0.1) is 0 Å². The van der Waals surface area contributed by atoms with Crippen LogP contribution in [-0.2, 0) is 13.0 Å². The van der Waals surface area contributed by atoms with Crippen LogP contribution in [0.1, 0.15) is 45.3 Å². The Morgan fingerprint density at radius 1 is 1.03 bits per heavy atom. The van der Waals surface area contributed by atoms with Gasteiger partial charge in [-0.2, -0.15) is 0 Å². The predicted octanol–water partition coefficient (Wildman–Crippen LogP) is 1.64. The Kier molecular flexibility index (Phi) is 7.36. The van der Waals surface area contributed by atoms with Gasteiger partial charge < -0.3 is 0 Å². The first-order valence-electron chi connectivity index (χ1n) is 9.83. The molecule has 1 unspecified atom stereocenters. The molecule has 0 radical (unpaired) electrons. The zero-order valence-electron chi connectivity index (χ0n) is 17.1. The fraction of sp³-hybridized carbons (Fsp3) is 0.217. The van der Waals surface area contributed by atoms with Crippen LogP contribution in [0.3, 0.4) is 0 Å². The molecule has 2 N–H and O–H groups in total. The molecule has 3 rings (SSSR count). The van der Waals surface area contributed by atoms with Gasteiger partial charge >= 0.3 is 148 Å². The van der Waals surface area contributed by atoms with Crippen LogP contribution in [0, 0.1) is 0 Å². The van der Waals surface area contributed by atoms with E-state index >= 15 is 0 Å². The number of hydrogen-bond acceptors (Lipinski definition) is 4. The van der Waals surface area contributed by atoms with Crippen LogP contribution < -0.4 is 15.1 Å². The Labute approximate surface area is 185 Å². The minimum atomic E-state index is -0.275. The summed E-state index contributed by atoms with van der Waals surface area (Å²) >= 11 is 1.24. The van der Waals surface area contributed by atoms with Gasteiger partial charge in [-0.3, -0.25) is 0 Å². The van der Waals surface area contributed by atoms with E-state index in [1.165, 1.54) is 22.4 Å². The molecule has 0 aliphatic heterocycles. The quantitative estimate of drug-likeness (QED) is 0.521. The van der Waals surface area contributed by atoms with E-state index in [2.05, 4.69) is 39.7 Å². The van der Waals surface area contributed by atoms with Gasteiger partial charge in [0.05, 0.1) is 0 Å². The minimum absolute atomic E-state index is 0.163. The first-order chi connectivity index (χ1) is 14.5. The summed E-state index contributed by atoms with van der Waals surface area (Å²) in [6, 6.07) is 15.5. The zero-order valence-corrected chi connectivity index (χ0v) is 19.5. The number of carbonyl (C=O) groups is 2. The van der Waals surface area contributed by atoms with Crippen molar-refractivity contribution in [3.05, 3.63) is 77.1 Å². The molecule has 0 aliphatic carbocycles. The third-order valence-corrected chi connectivity index (χ3v) is 5.56. The molecule has 0 saturated heterocycles. The molecular formula is C23H25AsN4O2. The number of nitrogens with zero attached hydrogens (tertiary/aromatic N) is 2. The maximum absolute atomic E-state index is 12.6. The molecule has 2 aromatic carbocycles. The number of aryl methyl sites for hydroxylation is 1. The zero-order chi connectivity index (χ0) is 21.5. The van der Waals surface area contributed by atoms with Crippen molar-refractivity contribution in [1.29, 1.82) is 0 Å². The molecule has 2 amide bonds. The van der Waals surface area contributed by atoms with Crippen molar-refractivity contribution < 1.29 is 9.59 Å². The molecule has 0 aliphatic rings. The number of benzene rings is 2. The molecular weight excluding hydrogens is 439 g/mol. The van der Waals surface area contributed by atoms with Crippen molar-refractivity contribution in [2.24, 2.45) is 0 Å². The molecule has 0 saturated carbocycles. The summed E-state index contributed by atoms with van der Waals surface area (Å²) in [6.45, 7) is 2.62. The molecule has 1 atom stereocenters. The molecule has 3 aromatic rings. The van der Waals surface area contributed by atoms with Crippen LogP contribution in [-0.4, -0.2) is 45.7 Å². The Bertz CT molecular complexity index is 1050. The Hall–Kier alpha value is -2.98. The van der Waals surface area contributed by atoms with Crippen molar-refractivity contribution in [1.82, 2.24) is 20.6 Å². The molecule has 154 valence electrons. The summed E-state index contributed by atoms with van der Waals surface area (Å²) in [5.74, 6) is -0.438. The van der Waals surface area contributed by atoms with Gasteiger partial charge in [-0.25, -0.2) is 0 Å². The number of amides is 2. The second kappa shape index (κ2) is 10.2. The molecule has 1 aromatic heterocycles. The third kappa shape index (κ3) is 5.33. The van der Waals surface area contributed by atoms with Gasteiger partial charge in [0.1, 0.15) is 0 Å². The van der Waals surface area contributed by atoms with Crippen molar-refractivity contribution in [2.75, 3.05) is 7.05 Å². The number of carbonyl (C=O) groups excluding carboxylic acids is 2. The number of nitrogens with one attached hydrogen (secondary N) is 2. The first kappa shape index (κ1) is 21.7. The molecule has 0 bridgehead atoms. The van der Waals surface area contributed by atoms with Crippen molar-refractivity contribution in [3.63, 3.8) is 0 Å². The average molecular weight is 464 g/mol. The number of rotatable bonds is 7. The van der Waals surface area contributed by atoms with E-state index in [1.807, 2.05) is 18.2 Å². The maximum atomic E-state index is 12.6. The van der Waals surface area contributed by atoms with Crippen LogP contribution >= 0.6 is 0 Å². The summed E-state index contributed by atoms with van der Waals surface area (Å²) in [4.78, 5) is 33.4. The third-order valence-electron chi connectivity index (χ3n) is 4.68. The van der Waals surface area contributed by atoms with E-state index in [0.717, 1.165) is 24.0 Å². The van der Waals surface area contributed by atoms with E-state index in [1.54, 1.807) is 31.4 Å². The second-order valence-electron chi connectivity index (χ2n) is 6.90. The summed E-state index contributed by atoms with van der Waals surface area (Å²) in [7, 11) is 1.56. The fourth-order valence-electron chi connectivity index (χ4n) is 3.04. The minimum Gasteiger partial charge on any atom is -0.0587 e. The van der Waals surface area contributed by atoms with Crippen molar-refractivity contribution in [2.45, 2.75) is 26.3 Å². The molecule has 30 heavy (non-hydrogen) atoms. The summed E-state index contributed by atoms with van der Waals surface area (Å²) in [5, 5.41) is 5.53. The predicted molar refractivity (Wildman–Crippen MR) is 121 cm³/mol. The van der Waals surface area contributed by atoms with Crippen molar-refractivity contribution >= 4 is 33.1 Å². The van der Waals surface area contributed by atoms with Gasteiger partial charge in [0.2, 0.25) is 0 Å². The van der Waals surface area contributed by atoms with Crippen LogP contribution in [0.2, 0.25) is 0 Å². The summed E-state index contributed by atoms with van der Waals surface area (Å²) in [6.07, 6.45) is 3.80. The van der Waals surface area contributed by atoms with Crippen molar-refractivity contribution in [3.8, 4) is 11.3 Å². The van der Waals surface area contributed by atoms with Crippen LogP contribution in [0.15, 0.2) is 54.7 Å². The SMILES string of the molecule is CCCc1ccc(CNC(=O)c2cccc(-c3cnc([AsH2])c(C(=O)NC)n3)c2)cc1. The molecule has 1 heterocycles. The van der Waals surface area contributed by atoms with E-state index in [9.17, 15) is 9.59 Å². The summed E-state index contributed by atoms with van der Waals surface area (Å²) in [5.41, 5.74) is 4.48. The first-order valence-corrected chi connectivity index (χ1v) is 11.0. The van der Waals surface area contributed by atoms with Crippen LogP contribution in [0.25, 0.3) is 11.3 Å². The smallest absolute Gasteiger partial charge is 0.0587 e. The van der Waals surface area contributed by atoms with E-state index in [0.29, 0.717) is 28.0 Å². The monoisotopic (exact) mass is 464 g/mol. The number of aromatic nitrogens is 2. The van der Waals surface area contributed by atoms with Crippen LogP contribution in [0.5, 0.6) is 0 Å². The van der Waals surface area contributed by atoms with E-state index in [-0.39, 0.29) is 11.8 Å². The average Bonchev–Trinajstić information content (AvgIpc) is 2.78. The molecule has 7 heteroatoms. The second-order valence-corrected chi connectivity index (χ2v) is 8.05. The standard InChI is InChI=1S/C23H25AsN4O2/c1-3-5-15-8-10-16(11-9-15)13-27-22(29)18-7-4-6-17(12-18)19-14-26-21(24)20(28-19)23(30)25-2/h4,6-12,14H,3,5,13,24H2,1-2H3,(H,25,30)(H,27,29). The van der Waals surface area contributed by atoms with Gasteiger partial charge in [-0.05, 0) is 12.0 Å². The Morgan fingerprint density at radius 3 is 2.47 bits per heavy atom. The molecule has 0 spiro atoms. The van der Waals surface area contributed by atoms with Gasteiger partial charge in [0.15, 0.2) is 0 Å².